The van der Waals surface area contributed by atoms with E-state index in [1.54, 1.807) is 6.92 Å². The molecule has 0 aliphatic carbocycles. The normalized spacial score (nSPS) is 7.17. The van der Waals surface area contributed by atoms with Gasteiger partial charge >= 0.3 is 0 Å². The Balaban J connectivity index is -0.000000175. The van der Waals surface area contributed by atoms with Crippen LogP contribution in [0.2, 0.25) is 0 Å². The summed E-state index contributed by atoms with van der Waals surface area (Å²) < 4.78 is 0. The van der Waals surface area contributed by atoms with Crippen LogP contribution in [0, 0.1) is 0 Å². The monoisotopic (exact) mass is 175 g/mol. The fraction of sp³-hybridized carbons (Fsp3) is 0.900. The number of carbonyl (C=O) groups excluding carboxylic acids is 1. The molecule has 0 bridgehead atoms. The van der Waals surface area contributed by atoms with Crippen molar-refractivity contribution in [3.8, 4) is 0 Å². The minimum atomic E-state index is 0.318. The smallest absolute Gasteiger partial charge is 0.129 e. The lowest BCUT2D eigenvalue weighted by Crippen LogP contribution is -1.87. The number of unbranched alkanes of at least 4 members (excludes halogenated alkanes) is 2. The molecule has 76 valence electrons. The summed E-state index contributed by atoms with van der Waals surface area (Å²) in [5, 5.41) is 0. The third kappa shape index (κ3) is 33.5. The molecular formula is C10H25NO. The van der Waals surface area contributed by atoms with Gasteiger partial charge in [0.05, 0.1) is 0 Å². The van der Waals surface area contributed by atoms with Crippen LogP contribution < -0.4 is 5.73 Å². The highest BCUT2D eigenvalue weighted by Gasteiger charge is 1.89. The first-order valence-electron chi connectivity index (χ1n) is 4.84. The van der Waals surface area contributed by atoms with Gasteiger partial charge in [-0.2, -0.15) is 0 Å². The van der Waals surface area contributed by atoms with Gasteiger partial charge in [-0.1, -0.05) is 33.6 Å². The molecule has 0 saturated carbocycles. The summed E-state index contributed by atoms with van der Waals surface area (Å²) in [6.45, 7) is 7.79. The Kier molecular flexibility index (Phi) is 33.0. The second-order valence-corrected chi connectivity index (χ2v) is 2.16. The number of Topliss-reactive ketones (excluding diaryl/α,β-unsaturated/α-hetero) is 1. The van der Waals surface area contributed by atoms with E-state index in [-0.39, 0.29) is 0 Å². The average Bonchev–Trinajstić information content (AvgIpc) is 2.12. The first kappa shape index (κ1) is 17.6. The van der Waals surface area contributed by atoms with Crippen molar-refractivity contribution in [1.29, 1.82) is 0 Å². The molecule has 2 heteroatoms. The first-order valence-corrected chi connectivity index (χ1v) is 4.84. The Morgan fingerprint density at radius 1 is 1.17 bits per heavy atom. The molecule has 0 aromatic carbocycles. The van der Waals surface area contributed by atoms with Crippen molar-refractivity contribution in [3.05, 3.63) is 0 Å². The molecule has 0 heterocycles. The Morgan fingerprint density at radius 3 is 1.83 bits per heavy atom. The average molecular weight is 175 g/mol. The van der Waals surface area contributed by atoms with Crippen LogP contribution in [0.3, 0.4) is 0 Å². The van der Waals surface area contributed by atoms with Gasteiger partial charge in [0, 0.05) is 6.42 Å². The second kappa shape index (κ2) is 22.4. The van der Waals surface area contributed by atoms with Crippen LogP contribution in [0.15, 0.2) is 0 Å². The largest absolute Gasteiger partial charge is 0.333 e. The summed E-state index contributed by atoms with van der Waals surface area (Å²) >= 11 is 0. The van der Waals surface area contributed by atoms with Crippen molar-refractivity contribution in [2.24, 2.45) is 5.73 Å². The van der Waals surface area contributed by atoms with Gasteiger partial charge in [-0.25, -0.2) is 0 Å². The molecule has 0 fully saturated rings. The number of hydrogen-bond donors (Lipinski definition) is 1. The van der Waals surface area contributed by atoms with Gasteiger partial charge in [0.1, 0.15) is 5.78 Å². The number of carbonyl (C=O) groups is 1. The quantitative estimate of drug-likeness (QED) is 0.668. The highest BCUT2D eigenvalue weighted by atomic mass is 16.1. The summed E-state index contributed by atoms with van der Waals surface area (Å²) in [6.07, 6.45) is 4.24. The van der Waals surface area contributed by atoms with Gasteiger partial charge in [-0.15, -0.1) is 0 Å². The third-order valence-electron chi connectivity index (χ3n) is 1.13. The zero-order valence-electron chi connectivity index (χ0n) is 9.31. The highest BCUT2D eigenvalue weighted by molar-refractivity contribution is 5.75. The van der Waals surface area contributed by atoms with Crippen molar-refractivity contribution >= 4 is 5.78 Å². The van der Waals surface area contributed by atoms with Gasteiger partial charge < -0.3 is 10.5 Å². The molecule has 2 N–H and O–H groups in total. The van der Waals surface area contributed by atoms with Crippen LogP contribution in [-0.2, 0) is 4.79 Å². The van der Waals surface area contributed by atoms with Crippen LogP contribution in [0.4, 0.5) is 0 Å². The number of nitrogens with two attached hydrogens (primary N) is 1. The summed E-state index contributed by atoms with van der Waals surface area (Å²) in [6, 6.07) is 0. The maximum Gasteiger partial charge on any atom is 0.129 e. The van der Waals surface area contributed by atoms with Crippen LogP contribution in [0.5, 0.6) is 0 Å². The molecular weight excluding hydrogens is 150 g/mol. The summed E-state index contributed by atoms with van der Waals surface area (Å²) in [5.41, 5.74) is 4.50. The van der Waals surface area contributed by atoms with Crippen LogP contribution >= 0.6 is 0 Å². The predicted octanol–water partition coefficient (Wildman–Crippen LogP) is 2.76. The molecule has 0 aliphatic heterocycles. The Labute approximate surface area is 77.5 Å². The second-order valence-electron chi connectivity index (χ2n) is 2.16. The molecule has 0 atom stereocenters. The maximum atomic E-state index is 10.3. The molecule has 0 unspecified atom stereocenters. The van der Waals surface area contributed by atoms with Crippen molar-refractivity contribution in [3.63, 3.8) is 0 Å². The number of ketones is 1. The van der Waals surface area contributed by atoms with Gasteiger partial charge in [-0.05, 0) is 20.4 Å². The van der Waals surface area contributed by atoms with Crippen LogP contribution in [0.25, 0.3) is 0 Å². The molecule has 0 aliphatic rings. The lowest BCUT2D eigenvalue weighted by Gasteiger charge is -1.90. The van der Waals surface area contributed by atoms with Crippen molar-refractivity contribution in [2.45, 2.75) is 53.4 Å². The standard InChI is InChI=1S/C7H14O.C2H6.CH5N/c1-3-4-5-6-7(2)8;2*1-2/h3-6H2,1-2H3;1-2H3;2H2,1H3. The van der Waals surface area contributed by atoms with Gasteiger partial charge in [0.25, 0.3) is 0 Å². The predicted molar refractivity (Wildman–Crippen MR) is 56.3 cm³/mol. The van der Waals surface area contributed by atoms with E-state index in [0.29, 0.717) is 5.78 Å². The Morgan fingerprint density at radius 2 is 1.58 bits per heavy atom. The fourth-order valence-corrected chi connectivity index (χ4v) is 0.624. The van der Waals surface area contributed by atoms with Gasteiger partial charge in [0.15, 0.2) is 0 Å². The highest BCUT2D eigenvalue weighted by Crippen LogP contribution is 1.98. The fourth-order valence-electron chi connectivity index (χ4n) is 0.624. The lowest BCUT2D eigenvalue weighted by atomic mass is 10.2. The molecule has 2 nitrogen and oxygen atoms in total. The van der Waals surface area contributed by atoms with Gasteiger partial charge in [-0.3, -0.25) is 0 Å². The molecule has 0 radical (unpaired) electrons. The zero-order chi connectivity index (χ0) is 10.4. The van der Waals surface area contributed by atoms with E-state index in [0.717, 1.165) is 12.8 Å². The van der Waals surface area contributed by atoms with Crippen molar-refractivity contribution in [2.75, 3.05) is 7.05 Å². The Bertz CT molecular complexity index is 72.2. The topological polar surface area (TPSA) is 43.1 Å². The van der Waals surface area contributed by atoms with E-state index in [9.17, 15) is 4.79 Å². The van der Waals surface area contributed by atoms with E-state index < -0.39 is 0 Å². The first-order chi connectivity index (χ1) is 5.77. The maximum absolute atomic E-state index is 10.3. The molecule has 0 rings (SSSR count). The van der Waals surface area contributed by atoms with Gasteiger partial charge in [0.2, 0.25) is 0 Å². The van der Waals surface area contributed by atoms with E-state index in [1.165, 1.54) is 19.9 Å². The molecule has 0 aromatic rings. The van der Waals surface area contributed by atoms with Crippen LogP contribution in [0.1, 0.15) is 53.4 Å². The number of rotatable bonds is 4. The van der Waals surface area contributed by atoms with Crippen molar-refractivity contribution in [1.82, 2.24) is 0 Å². The minimum absolute atomic E-state index is 0.318. The Hall–Kier alpha value is -0.370. The SMILES string of the molecule is CC.CCCCCC(C)=O.CN. The third-order valence-corrected chi connectivity index (χ3v) is 1.13. The van der Waals surface area contributed by atoms with E-state index in [2.05, 4.69) is 12.7 Å². The molecule has 12 heavy (non-hydrogen) atoms. The van der Waals surface area contributed by atoms with E-state index in [1.807, 2.05) is 13.8 Å². The zero-order valence-corrected chi connectivity index (χ0v) is 9.31. The lowest BCUT2D eigenvalue weighted by molar-refractivity contribution is -0.117. The van der Waals surface area contributed by atoms with Crippen LogP contribution in [-0.4, -0.2) is 12.8 Å². The molecule has 0 aromatic heterocycles. The van der Waals surface area contributed by atoms with E-state index >= 15 is 0 Å². The summed E-state index contributed by atoms with van der Waals surface area (Å²) in [5.74, 6) is 0.318. The van der Waals surface area contributed by atoms with E-state index in [4.69, 9.17) is 0 Å². The molecule has 0 saturated heterocycles. The summed E-state index contributed by atoms with van der Waals surface area (Å²) in [7, 11) is 1.50. The number of hydrogen-bond acceptors (Lipinski definition) is 2. The molecule has 0 spiro atoms. The van der Waals surface area contributed by atoms with Crippen molar-refractivity contribution < 1.29 is 4.79 Å². The minimum Gasteiger partial charge on any atom is -0.333 e. The summed E-state index contributed by atoms with van der Waals surface area (Å²) in [4.78, 5) is 10.3. The molecule has 0 amide bonds.